The van der Waals surface area contributed by atoms with Crippen LogP contribution in [0.3, 0.4) is 0 Å². The molecule has 0 aliphatic carbocycles. The van der Waals surface area contributed by atoms with Crippen LogP contribution in [0.15, 0.2) is 48.8 Å². The molecular weight excluding hydrogens is 362 g/mol. The van der Waals surface area contributed by atoms with Crippen LogP contribution in [0.1, 0.15) is 23.2 Å². The molecule has 0 spiro atoms. The van der Waals surface area contributed by atoms with Crippen LogP contribution in [0, 0.1) is 5.95 Å². The predicted octanol–water partition coefficient (Wildman–Crippen LogP) is 3.70. The summed E-state index contributed by atoms with van der Waals surface area (Å²) in [4.78, 5) is 10.2. The SMILES string of the molecule is Cn1c(CN2C=CN[C@H]2c2cccc(F)n2)nc2ccc(C(F)(F)F)cc21. The zero-order chi connectivity index (χ0) is 19.2. The van der Waals surface area contributed by atoms with Crippen molar-refractivity contribution in [1.29, 1.82) is 0 Å². The lowest BCUT2D eigenvalue weighted by Gasteiger charge is -2.24. The Bertz CT molecular complexity index is 1020. The number of fused-ring (bicyclic) bond motifs is 1. The van der Waals surface area contributed by atoms with Crippen LogP contribution in [0.25, 0.3) is 11.0 Å². The first-order valence-electron chi connectivity index (χ1n) is 8.16. The average Bonchev–Trinajstić information content (AvgIpc) is 3.19. The van der Waals surface area contributed by atoms with Crippen LogP contribution < -0.4 is 5.32 Å². The number of hydrogen-bond acceptors (Lipinski definition) is 4. The summed E-state index contributed by atoms with van der Waals surface area (Å²) in [5.41, 5.74) is 0.667. The molecule has 5 nitrogen and oxygen atoms in total. The van der Waals surface area contributed by atoms with Crippen molar-refractivity contribution in [1.82, 2.24) is 24.8 Å². The van der Waals surface area contributed by atoms with Gasteiger partial charge >= 0.3 is 6.18 Å². The summed E-state index contributed by atoms with van der Waals surface area (Å²) in [5.74, 6) is 0.00244. The molecule has 0 fully saturated rings. The normalized spacial score (nSPS) is 16.9. The summed E-state index contributed by atoms with van der Waals surface area (Å²) < 4.78 is 53.9. The van der Waals surface area contributed by atoms with Gasteiger partial charge in [0.1, 0.15) is 12.0 Å². The standard InChI is InChI=1S/C18H15F4N5/c1-26-14-9-11(18(20,21)22)5-6-12(14)25-16(26)10-27-8-7-23-17(27)13-3-2-4-15(19)24-13/h2-9,17,23H,10H2,1H3/t17-/m1/s1. The van der Waals surface area contributed by atoms with Crippen molar-refractivity contribution >= 4 is 11.0 Å². The molecule has 3 heterocycles. The number of nitrogens with zero attached hydrogens (tertiary/aromatic N) is 4. The van der Waals surface area contributed by atoms with Crippen molar-refractivity contribution in [3.63, 3.8) is 0 Å². The highest BCUT2D eigenvalue weighted by Crippen LogP contribution is 2.32. The van der Waals surface area contributed by atoms with Crippen LogP contribution in [0.5, 0.6) is 0 Å². The fraction of sp³-hybridized carbons (Fsp3) is 0.222. The fourth-order valence-electron chi connectivity index (χ4n) is 3.11. The van der Waals surface area contributed by atoms with E-state index in [-0.39, 0.29) is 6.17 Å². The van der Waals surface area contributed by atoms with Crippen LogP contribution in [0.2, 0.25) is 0 Å². The average molecular weight is 377 g/mol. The van der Waals surface area contributed by atoms with Crippen molar-refractivity contribution in [2.24, 2.45) is 7.05 Å². The molecule has 27 heavy (non-hydrogen) atoms. The quantitative estimate of drug-likeness (QED) is 0.559. The van der Waals surface area contributed by atoms with E-state index in [0.717, 1.165) is 12.1 Å². The van der Waals surface area contributed by atoms with Gasteiger partial charge in [0.05, 0.1) is 28.8 Å². The van der Waals surface area contributed by atoms with Gasteiger partial charge in [0, 0.05) is 19.4 Å². The van der Waals surface area contributed by atoms with Crippen molar-refractivity contribution < 1.29 is 17.6 Å². The highest BCUT2D eigenvalue weighted by Gasteiger charge is 2.31. The van der Waals surface area contributed by atoms with Crippen molar-refractivity contribution in [3.8, 4) is 0 Å². The molecule has 0 saturated heterocycles. The smallest absolute Gasteiger partial charge is 0.365 e. The Morgan fingerprint density at radius 3 is 2.70 bits per heavy atom. The second-order valence-electron chi connectivity index (χ2n) is 6.23. The first-order valence-corrected chi connectivity index (χ1v) is 8.16. The minimum Gasteiger partial charge on any atom is -0.365 e. The predicted molar refractivity (Wildman–Crippen MR) is 90.5 cm³/mol. The van der Waals surface area contributed by atoms with Gasteiger partial charge in [0.15, 0.2) is 0 Å². The lowest BCUT2D eigenvalue weighted by Crippen LogP contribution is -2.28. The van der Waals surface area contributed by atoms with Crippen molar-refractivity contribution in [2.45, 2.75) is 18.9 Å². The molecule has 1 N–H and O–H groups in total. The molecule has 1 aromatic carbocycles. The molecule has 140 valence electrons. The largest absolute Gasteiger partial charge is 0.416 e. The molecule has 0 radical (unpaired) electrons. The van der Waals surface area contributed by atoms with Gasteiger partial charge in [-0.2, -0.15) is 17.6 Å². The van der Waals surface area contributed by atoms with Gasteiger partial charge in [0.25, 0.3) is 0 Å². The topological polar surface area (TPSA) is 46.0 Å². The van der Waals surface area contributed by atoms with E-state index in [1.165, 1.54) is 12.1 Å². The van der Waals surface area contributed by atoms with E-state index in [1.54, 1.807) is 36.1 Å². The minimum atomic E-state index is -4.41. The molecule has 2 aromatic heterocycles. The Labute approximate surface area is 151 Å². The second-order valence-corrected chi connectivity index (χ2v) is 6.23. The Hall–Kier alpha value is -3.10. The molecular formula is C18H15F4N5. The van der Waals surface area contributed by atoms with Gasteiger partial charge < -0.3 is 14.8 Å². The second kappa shape index (κ2) is 6.26. The minimum absolute atomic E-state index is 0.318. The first kappa shape index (κ1) is 17.3. The summed E-state index contributed by atoms with van der Waals surface area (Å²) in [6.07, 6.45) is -1.31. The number of halogens is 4. The summed E-state index contributed by atoms with van der Waals surface area (Å²) in [5, 5.41) is 3.08. The number of imidazole rings is 1. The van der Waals surface area contributed by atoms with Gasteiger partial charge in [-0.15, -0.1) is 0 Å². The number of rotatable bonds is 3. The van der Waals surface area contributed by atoms with E-state index >= 15 is 0 Å². The zero-order valence-electron chi connectivity index (χ0n) is 14.2. The summed E-state index contributed by atoms with van der Waals surface area (Å²) in [6.45, 7) is 0.318. The zero-order valence-corrected chi connectivity index (χ0v) is 14.2. The van der Waals surface area contributed by atoms with Gasteiger partial charge in [-0.05, 0) is 30.3 Å². The summed E-state index contributed by atoms with van der Waals surface area (Å²) in [6, 6.07) is 8.02. The van der Waals surface area contributed by atoms with E-state index in [0.29, 0.717) is 29.1 Å². The van der Waals surface area contributed by atoms with Crippen molar-refractivity contribution in [2.75, 3.05) is 0 Å². The number of aryl methyl sites for hydroxylation is 1. The Morgan fingerprint density at radius 1 is 1.15 bits per heavy atom. The number of nitrogens with one attached hydrogen (secondary N) is 1. The highest BCUT2D eigenvalue weighted by molar-refractivity contribution is 5.77. The monoisotopic (exact) mass is 377 g/mol. The Kier molecular flexibility index (Phi) is 4.01. The van der Waals surface area contributed by atoms with Gasteiger partial charge in [0.2, 0.25) is 5.95 Å². The third-order valence-corrected chi connectivity index (χ3v) is 4.49. The molecule has 1 atom stereocenters. The third kappa shape index (κ3) is 3.20. The van der Waals surface area contributed by atoms with Crippen LogP contribution in [-0.2, 0) is 19.8 Å². The highest BCUT2D eigenvalue weighted by atomic mass is 19.4. The van der Waals surface area contributed by atoms with Crippen LogP contribution >= 0.6 is 0 Å². The first-order chi connectivity index (χ1) is 12.8. The maximum atomic E-state index is 13.4. The van der Waals surface area contributed by atoms with Gasteiger partial charge in [-0.3, -0.25) is 0 Å². The number of aromatic nitrogens is 3. The van der Waals surface area contributed by atoms with E-state index < -0.39 is 17.7 Å². The summed E-state index contributed by atoms with van der Waals surface area (Å²) in [7, 11) is 1.67. The maximum Gasteiger partial charge on any atom is 0.416 e. The lowest BCUT2D eigenvalue weighted by atomic mass is 10.2. The van der Waals surface area contributed by atoms with E-state index in [2.05, 4.69) is 15.3 Å². The fourth-order valence-corrected chi connectivity index (χ4v) is 3.11. The molecule has 0 bridgehead atoms. The van der Waals surface area contributed by atoms with Crippen LogP contribution in [0.4, 0.5) is 17.6 Å². The number of alkyl halides is 3. The van der Waals surface area contributed by atoms with Crippen molar-refractivity contribution in [3.05, 3.63) is 71.8 Å². The van der Waals surface area contributed by atoms with Gasteiger partial charge in [-0.1, -0.05) is 6.07 Å². The van der Waals surface area contributed by atoms with E-state index in [1.807, 2.05) is 4.90 Å². The molecule has 0 amide bonds. The molecule has 0 saturated carbocycles. The van der Waals surface area contributed by atoms with E-state index in [4.69, 9.17) is 0 Å². The number of pyridine rings is 1. The van der Waals surface area contributed by atoms with E-state index in [9.17, 15) is 17.6 Å². The third-order valence-electron chi connectivity index (χ3n) is 4.49. The Morgan fingerprint density at radius 2 is 1.96 bits per heavy atom. The summed E-state index contributed by atoms with van der Waals surface area (Å²) >= 11 is 0. The number of benzene rings is 1. The lowest BCUT2D eigenvalue weighted by molar-refractivity contribution is -0.137. The maximum absolute atomic E-state index is 13.4. The molecule has 9 heteroatoms. The van der Waals surface area contributed by atoms with Crippen LogP contribution in [-0.4, -0.2) is 19.4 Å². The van der Waals surface area contributed by atoms with Gasteiger partial charge in [-0.25, -0.2) is 9.97 Å². The number of hydrogen-bond donors (Lipinski definition) is 1. The molecule has 1 aliphatic rings. The molecule has 1 aliphatic heterocycles. The molecule has 3 aromatic rings. The molecule has 4 rings (SSSR count). The molecule has 0 unspecified atom stereocenters. The Balaban J connectivity index is 1.64.